The molecule has 2 aromatic rings. The van der Waals surface area contributed by atoms with Crippen molar-refractivity contribution in [1.29, 1.82) is 0 Å². The second-order valence-corrected chi connectivity index (χ2v) is 9.46. The Hall–Kier alpha value is -2.04. The van der Waals surface area contributed by atoms with E-state index in [0.717, 1.165) is 30.9 Å². The van der Waals surface area contributed by atoms with Crippen LogP contribution in [0.3, 0.4) is 0 Å². The first-order valence-corrected chi connectivity index (χ1v) is 12.2. The number of aromatic nitrogens is 1. The minimum absolute atomic E-state index is 0.0271. The molecule has 0 spiro atoms. The van der Waals surface area contributed by atoms with Crippen molar-refractivity contribution in [2.24, 2.45) is 0 Å². The van der Waals surface area contributed by atoms with E-state index in [1.54, 1.807) is 10.9 Å². The molecular formula is C23H32N4O4S. The third-order valence-corrected chi connectivity index (χ3v) is 6.78. The number of β-amino-alcohol motifs (C(OH)–C–C–N with tert-alkyl or cyclic N) is 2. The SMILES string of the molecule is O=C(NC[C@]1(O)CN(Cc2cccc(OCCN3CCCCC3)c2)C[C@H]1O)c1cscn1. The highest BCUT2D eigenvalue weighted by molar-refractivity contribution is 7.07. The van der Waals surface area contributed by atoms with Gasteiger partial charge in [-0.3, -0.25) is 14.6 Å². The fourth-order valence-electron chi connectivity index (χ4n) is 4.38. The van der Waals surface area contributed by atoms with Gasteiger partial charge in [0.15, 0.2) is 0 Å². The summed E-state index contributed by atoms with van der Waals surface area (Å²) < 4.78 is 5.96. The van der Waals surface area contributed by atoms with Crippen molar-refractivity contribution >= 4 is 17.2 Å². The molecule has 3 heterocycles. The standard InChI is InChI=1S/C23H32N4O4S/c28-21-13-27(16-23(21,30)15-24-22(29)20-14-32-17-25-20)12-18-5-4-6-19(11-18)31-10-9-26-7-2-1-3-8-26/h4-6,11,14,17,21,28,30H,1-3,7-10,12-13,15-16H2,(H,24,29)/t21-,23+/m1/s1. The van der Waals surface area contributed by atoms with Crippen molar-refractivity contribution in [3.63, 3.8) is 0 Å². The summed E-state index contributed by atoms with van der Waals surface area (Å²) in [5.41, 5.74) is 1.57. The van der Waals surface area contributed by atoms with Gasteiger partial charge in [-0.25, -0.2) is 4.98 Å². The Kier molecular flexibility index (Phi) is 7.75. The van der Waals surface area contributed by atoms with E-state index in [-0.39, 0.29) is 19.0 Å². The van der Waals surface area contributed by atoms with E-state index in [1.165, 1.54) is 30.6 Å². The van der Waals surface area contributed by atoms with E-state index in [1.807, 2.05) is 29.2 Å². The summed E-state index contributed by atoms with van der Waals surface area (Å²) in [5, 5.41) is 25.7. The first kappa shape index (κ1) is 23.1. The highest BCUT2D eigenvalue weighted by Crippen LogP contribution is 2.24. The van der Waals surface area contributed by atoms with Crippen molar-refractivity contribution in [3.8, 4) is 5.75 Å². The van der Waals surface area contributed by atoms with E-state index in [9.17, 15) is 15.0 Å². The number of benzene rings is 1. The number of rotatable bonds is 9. The van der Waals surface area contributed by atoms with Crippen LogP contribution in [-0.2, 0) is 6.54 Å². The van der Waals surface area contributed by atoms with Crippen molar-refractivity contribution in [1.82, 2.24) is 20.1 Å². The van der Waals surface area contributed by atoms with Crippen LogP contribution >= 0.6 is 11.3 Å². The zero-order valence-electron chi connectivity index (χ0n) is 18.3. The number of carbonyl (C=O) groups is 1. The normalized spacial score (nSPS) is 24.5. The highest BCUT2D eigenvalue weighted by atomic mass is 32.1. The molecular weight excluding hydrogens is 428 g/mol. The maximum absolute atomic E-state index is 12.1. The number of piperidine rings is 1. The minimum Gasteiger partial charge on any atom is -0.492 e. The molecule has 0 unspecified atom stereocenters. The van der Waals surface area contributed by atoms with E-state index in [2.05, 4.69) is 15.2 Å². The molecule has 0 radical (unpaired) electrons. The zero-order valence-corrected chi connectivity index (χ0v) is 19.1. The van der Waals surface area contributed by atoms with E-state index >= 15 is 0 Å². The van der Waals surface area contributed by atoms with Gasteiger partial charge < -0.3 is 20.3 Å². The van der Waals surface area contributed by atoms with E-state index in [0.29, 0.717) is 25.4 Å². The van der Waals surface area contributed by atoms with Gasteiger partial charge in [-0.2, -0.15) is 0 Å². The van der Waals surface area contributed by atoms with Gasteiger partial charge in [0.05, 0.1) is 18.2 Å². The van der Waals surface area contributed by atoms with Crippen molar-refractivity contribution in [3.05, 3.63) is 46.4 Å². The summed E-state index contributed by atoms with van der Waals surface area (Å²) in [7, 11) is 0. The topological polar surface area (TPSA) is 98.2 Å². The van der Waals surface area contributed by atoms with Gasteiger partial charge in [0.2, 0.25) is 0 Å². The number of hydrogen-bond donors (Lipinski definition) is 3. The van der Waals surface area contributed by atoms with Crippen LogP contribution in [0.2, 0.25) is 0 Å². The fourth-order valence-corrected chi connectivity index (χ4v) is 4.91. The molecule has 3 N–H and O–H groups in total. The molecule has 1 aromatic carbocycles. The van der Waals surface area contributed by atoms with E-state index in [4.69, 9.17) is 4.74 Å². The molecule has 0 bridgehead atoms. The Bertz CT molecular complexity index is 875. The quantitative estimate of drug-likeness (QED) is 0.520. The van der Waals surface area contributed by atoms with Gasteiger partial charge in [0.25, 0.3) is 5.91 Å². The lowest BCUT2D eigenvalue weighted by molar-refractivity contribution is -0.0377. The molecule has 0 saturated carbocycles. The number of nitrogens with one attached hydrogen (secondary N) is 1. The molecule has 174 valence electrons. The van der Waals surface area contributed by atoms with Crippen molar-refractivity contribution in [2.75, 3.05) is 45.9 Å². The van der Waals surface area contributed by atoms with Gasteiger partial charge in [-0.1, -0.05) is 18.6 Å². The summed E-state index contributed by atoms with van der Waals surface area (Å²) >= 11 is 1.34. The number of aliphatic hydroxyl groups excluding tert-OH is 1. The second kappa shape index (κ2) is 10.7. The highest BCUT2D eigenvalue weighted by Gasteiger charge is 2.44. The smallest absolute Gasteiger partial charge is 0.270 e. The minimum atomic E-state index is -1.39. The molecule has 2 saturated heterocycles. The summed E-state index contributed by atoms with van der Waals surface area (Å²) in [6.07, 6.45) is 2.94. The zero-order chi connectivity index (χ0) is 22.4. The van der Waals surface area contributed by atoms with Gasteiger partial charge in [0.1, 0.15) is 23.7 Å². The summed E-state index contributed by atoms with van der Waals surface area (Å²) in [6, 6.07) is 7.97. The van der Waals surface area contributed by atoms with Crippen LogP contribution in [0.25, 0.3) is 0 Å². The molecule has 2 atom stereocenters. The maximum Gasteiger partial charge on any atom is 0.270 e. The van der Waals surface area contributed by atoms with Gasteiger partial charge in [-0.05, 0) is 43.6 Å². The Morgan fingerprint density at radius 3 is 2.91 bits per heavy atom. The predicted octanol–water partition coefficient (Wildman–Crippen LogP) is 1.35. The number of nitrogens with zero attached hydrogens (tertiary/aromatic N) is 3. The molecule has 8 nitrogen and oxygen atoms in total. The van der Waals surface area contributed by atoms with Gasteiger partial charge >= 0.3 is 0 Å². The van der Waals surface area contributed by atoms with Crippen LogP contribution in [0.1, 0.15) is 35.3 Å². The number of amides is 1. The Morgan fingerprint density at radius 1 is 1.28 bits per heavy atom. The maximum atomic E-state index is 12.1. The number of hydrogen-bond acceptors (Lipinski definition) is 8. The van der Waals surface area contributed by atoms with Gasteiger partial charge in [0, 0.05) is 31.6 Å². The van der Waals surface area contributed by atoms with Crippen LogP contribution in [0.4, 0.5) is 0 Å². The number of carbonyl (C=O) groups excluding carboxylic acids is 1. The summed E-state index contributed by atoms with van der Waals surface area (Å²) in [4.78, 5) is 20.5. The number of ether oxygens (including phenoxy) is 1. The molecule has 2 aliphatic rings. The average molecular weight is 461 g/mol. The van der Waals surface area contributed by atoms with Crippen molar-refractivity contribution < 1.29 is 19.7 Å². The first-order chi connectivity index (χ1) is 15.5. The molecule has 9 heteroatoms. The lowest BCUT2D eigenvalue weighted by Gasteiger charge is -2.26. The third kappa shape index (κ3) is 6.05. The Balaban J connectivity index is 1.25. The molecule has 1 amide bonds. The van der Waals surface area contributed by atoms with E-state index < -0.39 is 11.7 Å². The largest absolute Gasteiger partial charge is 0.492 e. The number of likely N-dealkylation sites (tertiary alicyclic amines) is 2. The molecule has 4 rings (SSSR count). The molecule has 0 aliphatic carbocycles. The Labute approximate surface area is 192 Å². The fraction of sp³-hybridized carbons (Fsp3) is 0.565. The second-order valence-electron chi connectivity index (χ2n) is 8.74. The van der Waals surface area contributed by atoms with Crippen LogP contribution in [-0.4, -0.2) is 88.5 Å². The monoisotopic (exact) mass is 460 g/mol. The summed E-state index contributed by atoms with van der Waals surface area (Å²) in [6.45, 7) is 5.10. The van der Waals surface area contributed by atoms with Crippen LogP contribution in [0, 0.1) is 0 Å². The lowest BCUT2D eigenvalue weighted by atomic mass is 10.0. The Morgan fingerprint density at radius 2 is 2.12 bits per heavy atom. The average Bonchev–Trinajstić information content (AvgIpc) is 3.42. The summed E-state index contributed by atoms with van der Waals surface area (Å²) in [5.74, 6) is 0.491. The molecule has 1 aromatic heterocycles. The van der Waals surface area contributed by atoms with Gasteiger partial charge in [-0.15, -0.1) is 11.3 Å². The first-order valence-electron chi connectivity index (χ1n) is 11.3. The van der Waals surface area contributed by atoms with Crippen LogP contribution < -0.4 is 10.1 Å². The van der Waals surface area contributed by atoms with Crippen molar-refractivity contribution in [2.45, 2.75) is 37.5 Å². The van der Waals surface area contributed by atoms with Crippen LogP contribution in [0.5, 0.6) is 5.75 Å². The molecule has 2 fully saturated rings. The lowest BCUT2D eigenvalue weighted by Crippen LogP contribution is -2.51. The molecule has 32 heavy (non-hydrogen) atoms. The predicted molar refractivity (Wildman–Crippen MR) is 123 cm³/mol. The number of thiazole rings is 1. The number of aliphatic hydroxyl groups is 2. The molecule has 2 aliphatic heterocycles. The third-order valence-electron chi connectivity index (χ3n) is 6.20. The van der Waals surface area contributed by atoms with Crippen LogP contribution in [0.15, 0.2) is 35.2 Å².